The molecule has 0 aliphatic heterocycles. The zero-order valence-corrected chi connectivity index (χ0v) is 23.3. The average molecular weight is 532 g/mol. The van der Waals surface area contributed by atoms with Gasteiger partial charge in [-0.05, 0) is 73.9 Å². The molecule has 0 amide bonds. The number of hydrogen-bond donors (Lipinski definition) is 1. The van der Waals surface area contributed by atoms with Crippen LogP contribution < -0.4 is 15.2 Å². The van der Waals surface area contributed by atoms with Crippen molar-refractivity contribution < 1.29 is 23.7 Å². The fraction of sp³-hybridized carbons (Fsp3) is 0.355. The molecule has 0 radical (unpaired) electrons. The highest BCUT2D eigenvalue weighted by atomic mass is 16.6. The maximum Gasteiger partial charge on any atom is 0.310 e. The van der Waals surface area contributed by atoms with Gasteiger partial charge in [-0.2, -0.15) is 0 Å². The number of hydrogen-bond acceptors (Lipinski definition) is 7. The van der Waals surface area contributed by atoms with Gasteiger partial charge in [-0.15, -0.1) is 0 Å². The molecular weight excluding hydrogens is 494 g/mol. The van der Waals surface area contributed by atoms with E-state index in [9.17, 15) is 4.79 Å². The Bertz CT molecular complexity index is 1430. The Morgan fingerprint density at radius 1 is 1.05 bits per heavy atom. The minimum atomic E-state index is -0.346. The third-order valence-electron chi connectivity index (χ3n) is 6.53. The molecule has 0 saturated heterocycles. The third kappa shape index (κ3) is 6.77. The molecule has 0 spiro atoms. The summed E-state index contributed by atoms with van der Waals surface area (Å²) in [7, 11) is 3.18. The lowest BCUT2D eigenvalue weighted by Crippen LogP contribution is -2.21. The van der Waals surface area contributed by atoms with Crippen LogP contribution in [0.2, 0.25) is 0 Å². The first-order chi connectivity index (χ1) is 18.8. The number of pyridine rings is 1. The lowest BCUT2D eigenvalue weighted by atomic mass is 9.99. The van der Waals surface area contributed by atoms with Crippen molar-refractivity contribution in [2.45, 2.75) is 52.5 Å². The molecule has 0 aliphatic carbocycles. The fourth-order valence-corrected chi connectivity index (χ4v) is 4.64. The summed E-state index contributed by atoms with van der Waals surface area (Å²) in [6.07, 6.45) is 3.65. The SMILES string of the molecule is COCC(C)OC(=O)Cc1ccc(OC)cc1OCc1cc(-c2ccnc(CN)c2)c2ccn(C(C)C)c2c1. The Balaban J connectivity index is 1.67. The van der Waals surface area contributed by atoms with E-state index in [0.29, 0.717) is 37.3 Å². The van der Waals surface area contributed by atoms with Crippen molar-refractivity contribution in [2.75, 3.05) is 20.8 Å². The van der Waals surface area contributed by atoms with Crippen LogP contribution >= 0.6 is 0 Å². The van der Waals surface area contributed by atoms with E-state index in [1.165, 1.54) is 0 Å². The molecule has 206 valence electrons. The van der Waals surface area contributed by atoms with Gasteiger partial charge in [0.05, 0.1) is 25.8 Å². The molecule has 4 rings (SSSR count). The minimum absolute atomic E-state index is 0.0761. The van der Waals surface area contributed by atoms with E-state index >= 15 is 0 Å². The predicted octanol–water partition coefficient (Wildman–Crippen LogP) is 5.45. The van der Waals surface area contributed by atoms with E-state index in [1.807, 2.05) is 24.3 Å². The van der Waals surface area contributed by atoms with Crippen molar-refractivity contribution in [3.05, 3.63) is 77.7 Å². The van der Waals surface area contributed by atoms with Gasteiger partial charge in [0.2, 0.25) is 0 Å². The highest BCUT2D eigenvalue weighted by Crippen LogP contribution is 2.34. The smallest absolute Gasteiger partial charge is 0.310 e. The van der Waals surface area contributed by atoms with Gasteiger partial charge in [0, 0.05) is 54.6 Å². The van der Waals surface area contributed by atoms with Crippen LogP contribution in [0.5, 0.6) is 11.5 Å². The van der Waals surface area contributed by atoms with Gasteiger partial charge in [0.15, 0.2) is 0 Å². The molecule has 8 heteroatoms. The number of carbonyl (C=O) groups is 1. The van der Waals surface area contributed by atoms with E-state index in [-0.39, 0.29) is 18.5 Å². The molecule has 4 aromatic rings. The molecule has 0 aliphatic rings. The first kappa shape index (κ1) is 28.1. The monoisotopic (exact) mass is 531 g/mol. The molecule has 2 heterocycles. The Labute approximate surface area is 229 Å². The maximum absolute atomic E-state index is 12.6. The second-order valence-electron chi connectivity index (χ2n) is 9.83. The Hall–Kier alpha value is -3.88. The van der Waals surface area contributed by atoms with Gasteiger partial charge in [0.1, 0.15) is 24.2 Å². The zero-order chi connectivity index (χ0) is 27.9. The lowest BCUT2D eigenvalue weighted by molar-refractivity contribution is -0.149. The molecule has 8 nitrogen and oxygen atoms in total. The molecule has 2 N–H and O–H groups in total. The van der Waals surface area contributed by atoms with Gasteiger partial charge < -0.3 is 29.2 Å². The standard InChI is InChI=1S/C31H37N3O5/c1-20(2)34-11-9-27-28(23-8-10-33-25(14-23)17-32)12-22(13-29(27)34)19-38-30-16-26(37-5)7-6-24(30)15-31(35)39-21(3)18-36-4/h6-14,16,20-21H,15,17-19,32H2,1-5H3. The number of methoxy groups -OCH3 is 2. The largest absolute Gasteiger partial charge is 0.497 e. The van der Waals surface area contributed by atoms with Crippen LogP contribution in [0.25, 0.3) is 22.0 Å². The number of fused-ring (bicyclic) bond motifs is 1. The summed E-state index contributed by atoms with van der Waals surface area (Å²) in [6.45, 7) is 7.14. The molecule has 1 unspecified atom stereocenters. The van der Waals surface area contributed by atoms with Crippen molar-refractivity contribution in [3.63, 3.8) is 0 Å². The molecule has 0 saturated carbocycles. The molecule has 0 bridgehead atoms. The van der Waals surface area contributed by atoms with Crippen molar-refractivity contribution in [2.24, 2.45) is 5.73 Å². The van der Waals surface area contributed by atoms with Gasteiger partial charge in [-0.3, -0.25) is 9.78 Å². The topological polar surface area (TPSA) is 97.8 Å². The minimum Gasteiger partial charge on any atom is -0.497 e. The molecular formula is C31H37N3O5. The van der Waals surface area contributed by atoms with Crippen molar-refractivity contribution >= 4 is 16.9 Å². The van der Waals surface area contributed by atoms with Crippen LogP contribution in [-0.4, -0.2) is 42.5 Å². The van der Waals surface area contributed by atoms with E-state index in [4.69, 9.17) is 24.7 Å². The second-order valence-corrected chi connectivity index (χ2v) is 9.83. The fourth-order valence-electron chi connectivity index (χ4n) is 4.64. The Kier molecular flexibility index (Phi) is 9.22. The quantitative estimate of drug-likeness (QED) is 0.243. The van der Waals surface area contributed by atoms with Crippen LogP contribution in [0.4, 0.5) is 0 Å². The molecule has 2 aromatic heterocycles. The normalized spacial score (nSPS) is 12.1. The van der Waals surface area contributed by atoms with Crippen LogP contribution in [0.3, 0.4) is 0 Å². The predicted molar refractivity (Wildman–Crippen MR) is 152 cm³/mol. The number of ether oxygens (including phenoxy) is 4. The number of esters is 1. The summed E-state index contributed by atoms with van der Waals surface area (Å²) in [4.78, 5) is 16.9. The number of carbonyl (C=O) groups excluding carboxylic acids is 1. The van der Waals surface area contributed by atoms with Crippen LogP contribution in [0, 0.1) is 0 Å². The Morgan fingerprint density at radius 3 is 2.59 bits per heavy atom. The number of nitrogens with two attached hydrogens (primary N) is 1. The van der Waals surface area contributed by atoms with Crippen LogP contribution in [0.15, 0.2) is 60.9 Å². The summed E-state index contributed by atoms with van der Waals surface area (Å²) in [5.41, 5.74) is 11.7. The maximum atomic E-state index is 12.6. The summed E-state index contributed by atoms with van der Waals surface area (Å²) < 4.78 is 24.5. The van der Waals surface area contributed by atoms with Gasteiger partial charge >= 0.3 is 5.97 Å². The number of benzene rings is 2. The second kappa shape index (κ2) is 12.8. The lowest BCUT2D eigenvalue weighted by Gasteiger charge is -2.16. The molecule has 2 aromatic carbocycles. The summed E-state index contributed by atoms with van der Waals surface area (Å²) in [5.74, 6) is 0.869. The van der Waals surface area contributed by atoms with Crippen molar-refractivity contribution in [3.8, 4) is 22.6 Å². The average Bonchev–Trinajstić information content (AvgIpc) is 3.36. The van der Waals surface area contributed by atoms with E-state index < -0.39 is 0 Å². The summed E-state index contributed by atoms with van der Waals surface area (Å²) in [6, 6.07) is 16.2. The van der Waals surface area contributed by atoms with E-state index in [2.05, 4.69) is 47.8 Å². The molecule has 0 fully saturated rings. The number of aromatic nitrogens is 2. The van der Waals surface area contributed by atoms with Gasteiger partial charge in [0.25, 0.3) is 0 Å². The van der Waals surface area contributed by atoms with Crippen molar-refractivity contribution in [1.82, 2.24) is 9.55 Å². The number of rotatable bonds is 12. The van der Waals surface area contributed by atoms with E-state index in [1.54, 1.807) is 33.4 Å². The molecule has 1 atom stereocenters. The zero-order valence-electron chi connectivity index (χ0n) is 23.3. The molecule has 39 heavy (non-hydrogen) atoms. The first-order valence-electron chi connectivity index (χ1n) is 13.1. The first-order valence-corrected chi connectivity index (χ1v) is 13.1. The highest BCUT2D eigenvalue weighted by Gasteiger charge is 2.16. The summed E-state index contributed by atoms with van der Waals surface area (Å²) >= 11 is 0. The van der Waals surface area contributed by atoms with E-state index in [0.717, 1.165) is 38.9 Å². The third-order valence-corrected chi connectivity index (χ3v) is 6.53. The van der Waals surface area contributed by atoms with Crippen LogP contribution in [-0.2, 0) is 33.8 Å². The summed E-state index contributed by atoms with van der Waals surface area (Å²) in [5, 5.41) is 1.15. The van der Waals surface area contributed by atoms with Gasteiger partial charge in [-0.1, -0.05) is 6.07 Å². The van der Waals surface area contributed by atoms with Crippen molar-refractivity contribution in [1.29, 1.82) is 0 Å². The number of nitrogens with zero attached hydrogens (tertiary/aromatic N) is 2. The highest BCUT2D eigenvalue weighted by molar-refractivity contribution is 5.96. The Morgan fingerprint density at radius 2 is 1.87 bits per heavy atom. The van der Waals surface area contributed by atoms with Crippen LogP contribution in [0.1, 0.15) is 43.6 Å². The van der Waals surface area contributed by atoms with Gasteiger partial charge in [-0.25, -0.2) is 0 Å².